The van der Waals surface area contributed by atoms with E-state index >= 15 is 0 Å². The van der Waals surface area contributed by atoms with E-state index in [0.29, 0.717) is 45.3 Å². The van der Waals surface area contributed by atoms with Gasteiger partial charge in [-0.2, -0.15) is 0 Å². The molecular formula is C28H24Cl4N2O4. The van der Waals surface area contributed by atoms with Gasteiger partial charge in [-0.3, -0.25) is 14.4 Å². The fraction of sp³-hybridized carbons (Fsp3) is 0.321. The first-order valence-electron chi connectivity index (χ1n) is 12.3. The molecule has 6 nitrogen and oxygen atoms in total. The Balaban J connectivity index is 1.43. The van der Waals surface area contributed by atoms with Crippen LogP contribution in [0.1, 0.15) is 50.0 Å². The van der Waals surface area contributed by atoms with Crippen LogP contribution >= 0.6 is 46.4 Å². The molecule has 0 aromatic heterocycles. The number of carbonyl (C=O) groups excluding carboxylic acids is 3. The highest BCUT2D eigenvalue weighted by atomic mass is 35.5. The Morgan fingerprint density at radius 3 is 2.00 bits per heavy atom. The van der Waals surface area contributed by atoms with E-state index in [2.05, 4.69) is 5.32 Å². The molecule has 2 aromatic carbocycles. The molecule has 5 rings (SSSR count). The molecule has 0 spiro atoms. The Kier molecular flexibility index (Phi) is 7.79. The smallest absolute Gasteiger partial charge is 0.262 e. The van der Waals surface area contributed by atoms with Crippen molar-refractivity contribution >= 4 is 69.6 Å². The van der Waals surface area contributed by atoms with Gasteiger partial charge in [0, 0.05) is 54.0 Å². The topological polar surface area (TPSA) is 75.7 Å². The van der Waals surface area contributed by atoms with Crippen molar-refractivity contribution < 1.29 is 19.1 Å². The first kappa shape index (κ1) is 27.1. The van der Waals surface area contributed by atoms with Gasteiger partial charge in [-0.25, -0.2) is 0 Å². The minimum atomic E-state index is -0.529. The van der Waals surface area contributed by atoms with Crippen molar-refractivity contribution in [3.8, 4) is 5.75 Å². The summed E-state index contributed by atoms with van der Waals surface area (Å²) >= 11 is 25.1. The average molecular weight is 594 g/mol. The van der Waals surface area contributed by atoms with Crippen LogP contribution < -0.4 is 10.1 Å². The lowest BCUT2D eigenvalue weighted by Gasteiger charge is -2.42. The molecule has 1 amide bonds. The third-order valence-corrected chi connectivity index (χ3v) is 8.45. The van der Waals surface area contributed by atoms with Gasteiger partial charge in [0.05, 0.1) is 20.1 Å². The Morgan fingerprint density at radius 2 is 1.45 bits per heavy atom. The predicted octanol–water partition coefficient (Wildman–Crippen LogP) is 7.36. The minimum Gasteiger partial charge on any atom is -0.481 e. The van der Waals surface area contributed by atoms with Crippen molar-refractivity contribution in [3.63, 3.8) is 0 Å². The monoisotopic (exact) mass is 592 g/mol. The number of amides is 1. The van der Waals surface area contributed by atoms with Gasteiger partial charge in [0.15, 0.2) is 23.9 Å². The Labute approximate surface area is 240 Å². The van der Waals surface area contributed by atoms with Gasteiger partial charge >= 0.3 is 0 Å². The molecule has 0 fully saturated rings. The fourth-order valence-corrected chi connectivity index (χ4v) is 6.39. The first-order valence-corrected chi connectivity index (χ1v) is 13.8. The molecule has 0 bridgehead atoms. The number of hydrogen-bond acceptors (Lipinski definition) is 5. The van der Waals surface area contributed by atoms with E-state index in [-0.39, 0.29) is 34.0 Å². The standard InChI is InChI=1S/C28H24Cl4N2O4/c1-34-20-4-2-6-22(35)26(20)25(27-21(34)5-3-7-23(27)36)14-10-18(31)28(19(32)11-14)38-13-24(37)33-15-8-9-16(29)17(30)12-15/h8-12,25H,2-7,13H2,1H3,(H,33,37). The lowest BCUT2D eigenvalue weighted by atomic mass is 9.71. The van der Waals surface area contributed by atoms with Crippen molar-refractivity contribution in [2.75, 3.05) is 19.0 Å². The number of Topliss-reactive ketones (excluding diaryl/α,β-unsaturated/α-hetero) is 2. The van der Waals surface area contributed by atoms with Gasteiger partial charge < -0.3 is 15.0 Å². The van der Waals surface area contributed by atoms with E-state index in [0.717, 1.165) is 37.1 Å². The normalized spacial score (nSPS) is 18.0. The molecule has 1 N–H and O–H groups in total. The summed E-state index contributed by atoms with van der Waals surface area (Å²) in [4.78, 5) is 40.8. The molecule has 1 aliphatic heterocycles. The third-order valence-electron chi connectivity index (χ3n) is 7.15. The Morgan fingerprint density at radius 1 is 0.868 bits per heavy atom. The summed E-state index contributed by atoms with van der Waals surface area (Å²) < 4.78 is 5.67. The molecule has 0 radical (unpaired) electrons. The number of hydrogen-bond donors (Lipinski definition) is 1. The zero-order valence-electron chi connectivity index (χ0n) is 20.5. The minimum absolute atomic E-state index is 0.0413. The van der Waals surface area contributed by atoms with E-state index in [4.69, 9.17) is 51.1 Å². The van der Waals surface area contributed by atoms with Gasteiger partial charge in [-0.1, -0.05) is 46.4 Å². The van der Waals surface area contributed by atoms with Gasteiger partial charge in [-0.15, -0.1) is 0 Å². The summed E-state index contributed by atoms with van der Waals surface area (Å²) in [5.41, 5.74) is 4.35. The molecule has 10 heteroatoms. The van der Waals surface area contributed by atoms with Crippen molar-refractivity contribution in [1.82, 2.24) is 4.90 Å². The lowest BCUT2D eigenvalue weighted by molar-refractivity contribution is -0.118. The van der Waals surface area contributed by atoms with Crippen LogP contribution in [0.15, 0.2) is 52.9 Å². The molecule has 2 aliphatic carbocycles. The van der Waals surface area contributed by atoms with E-state index in [1.165, 1.54) is 6.07 Å². The van der Waals surface area contributed by atoms with Gasteiger partial charge in [0.2, 0.25) is 0 Å². The molecule has 0 saturated carbocycles. The molecule has 2 aromatic rings. The maximum absolute atomic E-state index is 13.2. The van der Waals surface area contributed by atoms with Crippen LogP contribution in [0.2, 0.25) is 20.1 Å². The lowest BCUT2D eigenvalue weighted by Crippen LogP contribution is -2.37. The molecule has 0 atom stereocenters. The quantitative estimate of drug-likeness (QED) is 0.392. The summed E-state index contributed by atoms with van der Waals surface area (Å²) in [7, 11) is 1.94. The second kappa shape index (κ2) is 10.9. The van der Waals surface area contributed by atoms with Crippen molar-refractivity contribution in [1.29, 1.82) is 0 Å². The summed E-state index contributed by atoms with van der Waals surface area (Å²) in [5, 5.41) is 3.73. The highest BCUT2D eigenvalue weighted by molar-refractivity contribution is 6.42. The van der Waals surface area contributed by atoms with E-state index in [1.54, 1.807) is 24.3 Å². The maximum Gasteiger partial charge on any atom is 0.262 e. The van der Waals surface area contributed by atoms with E-state index in [9.17, 15) is 14.4 Å². The van der Waals surface area contributed by atoms with Gasteiger partial charge in [0.1, 0.15) is 0 Å². The maximum atomic E-state index is 13.2. The number of carbonyl (C=O) groups is 3. The first-order chi connectivity index (χ1) is 18.2. The van der Waals surface area contributed by atoms with Gasteiger partial charge in [-0.05, 0) is 61.6 Å². The Bertz CT molecular complexity index is 1360. The van der Waals surface area contributed by atoms with Crippen LogP contribution in [0, 0.1) is 0 Å². The fourth-order valence-electron chi connectivity index (χ4n) is 5.48. The van der Waals surface area contributed by atoms with Crippen LogP contribution in [-0.2, 0) is 14.4 Å². The highest BCUT2D eigenvalue weighted by Crippen LogP contribution is 2.50. The van der Waals surface area contributed by atoms with E-state index < -0.39 is 11.8 Å². The zero-order chi connectivity index (χ0) is 27.1. The second-order valence-electron chi connectivity index (χ2n) is 9.55. The van der Waals surface area contributed by atoms with Crippen LogP contribution in [0.25, 0.3) is 0 Å². The van der Waals surface area contributed by atoms with Crippen molar-refractivity contribution in [3.05, 3.63) is 78.5 Å². The number of anilines is 1. The van der Waals surface area contributed by atoms with Crippen LogP contribution in [0.4, 0.5) is 5.69 Å². The number of halogens is 4. The largest absolute Gasteiger partial charge is 0.481 e. The summed E-state index contributed by atoms with van der Waals surface area (Å²) in [6, 6.07) is 8.07. The number of allylic oxidation sites excluding steroid dienone is 4. The van der Waals surface area contributed by atoms with Crippen LogP contribution in [-0.4, -0.2) is 36.0 Å². The SMILES string of the molecule is CN1C2=C(C(=O)CCC2)C(c2cc(Cl)c(OCC(=O)Nc3ccc(Cl)c(Cl)c3)c(Cl)c2)C2=C1CCCC2=O. The summed E-state index contributed by atoms with van der Waals surface area (Å²) in [6.07, 6.45) is 3.99. The Hall–Kier alpha value is -2.51. The van der Waals surface area contributed by atoms with Crippen LogP contribution in [0.3, 0.4) is 0 Å². The molecule has 38 heavy (non-hydrogen) atoms. The van der Waals surface area contributed by atoms with E-state index in [1.807, 2.05) is 11.9 Å². The number of ketones is 2. The molecular weight excluding hydrogens is 570 g/mol. The molecule has 0 unspecified atom stereocenters. The summed E-state index contributed by atoms with van der Waals surface area (Å²) in [5.74, 6) is -0.749. The number of nitrogens with zero attached hydrogens (tertiary/aromatic N) is 1. The molecule has 1 heterocycles. The number of rotatable bonds is 5. The number of nitrogens with one attached hydrogen (secondary N) is 1. The molecule has 198 valence electrons. The summed E-state index contributed by atoms with van der Waals surface area (Å²) in [6.45, 7) is -0.352. The van der Waals surface area contributed by atoms with Crippen LogP contribution in [0.5, 0.6) is 5.75 Å². The number of ether oxygens (including phenoxy) is 1. The average Bonchev–Trinajstić information content (AvgIpc) is 2.87. The molecule has 0 saturated heterocycles. The van der Waals surface area contributed by atoms with Gasteiger partial charge in [0.25, 0.3) is 5.91 Å². The number of benzene rings is 2. The van der Waals surface area contributed by atoms with Crippen molar-refractivity contribution in [2.45, 2.75) is 44.4 Å². The zero-order valence-corrected chi connectivity index (χ0v) is 23.5. The van der Waals surface area contributed by atoms with Crippen molar-refractivity contribution in [2.24, 2.45) is 0 Å². The highest BCUT2D eigenvalue weighted by Gasteiger charge is 2.42. The molecule has 3 aliphatic rings. The third kappa shape index (κ3) is 5.07. The predicted molar refractivity (Wildman–Crippen MR) is 149 cm³/mol. The second-order valence-corrected chi connectivity index (χ2v) is 11.2.